The molecule has 1 amide bonds. The van der Waals surface area contributed by atoms with Gasteiger partial charge in [0.25, 0.3) is 5.91 Å². The van der Waals surface area contributed by atoms with E-state index in [0.29, 0.717) is 0 Å². The predicted molar refractivity (Wildman–Crippen MR) is 80.1 cm³/mol. The van der Waals surface area contributed by atoms with Gasteiger partial charge in [0.2, 0.25) is 0 Å². The van der Waals surface area contributed by atoms with Crippen LogP contribution in [0.5, 0.6) is 0 Å². The minimum absolute atomic E-state index is 0.0693. The second-order valence-electron chi connectivity index (χ2n) is 5.49. The van der Waals surface area contributed by atoms with Crippen LogP contribution in [0.15, 0.2) is 30.5 Å². The fourth-order valence-corrected chi connectivity index (χ4v) is 2.16. The molecule has 25 heavy (non-hydrogen) atoms. The Balaban J connectivity index is 2.26. The third kappa shape index (κ3) is 4.14. The first kappa shape index (κ1) is 18.4. The Hall–Kier alpha value is -2.91. The van der Waals surface area contributed by atoms with Crippen molar-refractivity contribution in [3.63, 3.8) is 0 Å². The maximum atomic E-state index is 13.1. The fourth-order valence-electron chi connectivity index (χ4n) is 2.16. The zero-order valence-electron chi connectivity index (χ0n) is 13.4. The molecule has 1 aromatic heterocycles. The van der Waals surface area contributed by atoms with Gasteiger partial charge in [-0.25, -0.2) is 4.68 Å². The molecule has 0 aliphatic heterocycles. The summed E-state index contributed by atoms with van der Waals surface area (Å²) in [7, 11) is 1.38. The molecule has 0 radical (unpaired) electrons. The van der Waals surface area contributed by atoms with Gasteiger partial charge in [-0.2, -0.15) is 13.2 Å². The van der Waals surface area contributed by atoms with Crippen molar-refractivity contribution in [1.82, 2.24) is 19.9 Å². The van der Waals surface area contributed by atoms with Crippen LogP contribution < -0.4 is 0 Å². The summed E-state index contributed by atoms with van der Waals surface area (Å²) in [4.78, 5) is 24.2. The zero-order chi connectivity index (χ0) is 18.8. The second kappa shape index (κ2) is 6.91. The highest BCUT2D eigenvalue weighted by Gasteiger charge is 2.34. The van der Waals surface area contributed by atoms with Crippen LogP contribution in [0.3, 0.4) is 0 Å². The molecule has 0 aliphatic carbocycles. The lowest BCUT2D eigenvalue weighted by Crippen LogP contribution is -2.33. The van der Waals surface area contributed by atoms with Crippen LogP contribution in [0.2, 0.25) is 0 Å². The van der Waals surface area contributed by atoms with Crippen LogP contribution in [0.4, 0.5) is 13.2 Å². The lowest BCUT2D eigenvalue weighted by Gasteiger charge is -2.17. The summed E-state index contributed by atoms with van der Waals surface area (Å²) >= 11 is 0. The van der Waals surface area contributed by atoms with Crippen molar-refractivity contribution in [2.75, 3.05) is 13.6 Å². The number of carboxylic acids is 1. The zero-order valence-corrected chi connectivity index (χ0v) is 13.4. The number of rotatable bonds is 5. The van der Waals surface area contributed by atoms with Crippen molar-refractivity contribution in [3.05, 3.63) is 41.7 Å². The molecule has 0 saturated heterocycles. The molecule has 0 bridgehead atoms. The van der Waals surface area contributed by atoms with Crippen molar-refractivity contribution >= 4 is 11.9 Å². The van der Waals surface area contributed by atoms with Gasteiger partial charge in [-0.15, -0.1) is 5.10 Å². The molecule has 10 heteroatoms. The van der Waals surface area contributed by atoms with E-state index in [4.69, 9.17) is 5.11 Å². The summed E-state index contributed by atoms with van der Waals surface area (Å²) in [5.74, 6) is -2.50. The maximum Gasteiger partial charge on any atom is 0.418 e. The number of para-hydroxylation sites is 1. The number of nitrogens with zero attached hydrogens (tertiary/aromatic N) is 4. The maximum absolute atomic E-state index is 13.1. The summed E-state index contributed by atoms with van der Waals surface area (Å²) < 4.78 is 40.0. The molecule has 0 aliphatic rings. The first-order valence-corrected chi connectivity index (χ1v) is 7.18. The largest absolute Gasteiger partial charge is 0.481 e. The average molecular weight is 356 g/mol. The number of carbonyl (C=O) groups is 2. The number of carboxylic acid groups (broad SMARTS) is 1. The van der Waals surface area contributed by atoms with Gasteiger partial charge < -0.3 is 10.0 Å². The van der Waals surface area contributed by atoms with Gasteiger partial charge in [0, 0.05) is 13.6 Å². The van der Waals surface area contributed by atoms with Gasteiger partial charge in [0.05, 0.1) is 23.4 Å². The summed E-state index contributed by atoms with van der Waals surface area (Å²) in [5.41, 5.74) is -1.35. The Morgan fingerprint density at radius 1 is 1.32 bits per heavy atom. The van der Waals surface area contributed by atoms with E-state index in [-0.39, 0.29) is 17.9 Å². The smallest absolute Gasteiger partial charge is 0.418 e. The SMILES string of the molecule is CC(CN(C)C(=O)c1cn(-c2ccccc2C(F)(F)F)nn1)C(=O)O. The molecule has 0 fully saturated rings. The molecule has 1 unspecified atom stereocenters. The number of hydrogen-bond acceptors (Lipinski definition) is 4. The van der Waals surface area contributed by atoms with E-state index in [1.165, 1.54) is 32.2 Å². The summed E-state index contributed by atoms with van der Waals surface area (Å²) in [6.45, 7) is 1.36. The number of aliphatic carboxylic acids is 1. The highest BCUT2D eigenvalue weighted by Crippen LogP contribution is 2.33. The molecule has 134 valence electrons. The summed E-state index contributed by atoms with van der Waals surface area (Å²) in [6, 6.07) is 4.77. The highest BCUT2D eigenvalue weighted by atomic mass is 19.4. The van der Waals surface area contributed by atoms with Crippen LogP contribution >= 0.6 is 0 Å². The van der Waals surface area contributed by atoms with Crippen molar-refractivity contribution in [2.24, 2.45) is 5.92 Å². The standard InChI is InChI=1S/C15H15F3N4O3/c1-9(14(24)25)7-21(2)13(23)11-8-22(20-19-11)12-6-4-3-5-10(12)15(16,17)18/h3-6,8-9H,7H2,1-2H3,(H,24,25). The molecule has 2 aromatic rings. The number of hydrogen-bond donors (Lipinski definition) is 1. The van der Waals surface area contributed by atoms with Gasteiger partial charge in [-0.1, -0.05) is 24.3 Å². The molecule has 1 heterocycles. The Morgan fingerprint density at radius 3 is 2.56 bits per heavy atom. The molecular weight excluding hydrogens is 341 g/mol. The Morgan fingerprint density at radius 2 is 1.96 bits per heavy atom. The average Bonchev–Trinajstić information content (AvgIpc) is 3.02. The minimum atomic E-state index is -4.58. The van der Waals surface area contributed by atoms with Gasteiger partial charge in [-0.3, -0.25) is 9.59 Å². The van der Waals surface area contributed by atoms with Gasteiger partial charge in [-0.05, 0) is 12.1 Å². The number of benzene rings is 1. The summed E-state index contributed by atoms with van der Waals surface area (Å²) in [6.07, 6.45) is -3.50. The van der Waals surface area contributed by atoms with E-state index in [2.05, 4.69) is 10.3 Å². The number of carbonyl (C=O) groups excluding carboxylic acids is 1. The molecule has 2 rings (SSSR count). The van der Waals surface area contributed by atoms with Crippen LogP contribution in [-0.2, 0) is 11.0 Å². The monoisotopic (exact) mass is 356 g/mol. The normalized spacial score (nSPS) is 12.7. The van der Waals surface area contributed by atoms with Gasteiger partial charge in [0.1, 0.15) is 0 Å². The lowest BCUT2D eigenvalue weighted by molar-refractivity contribution is -0.141. The quantitative estimate of drug-likeness (QED) is 0.886. The van der Waals surface area contributed by atoms with Crippen molar-refractivity contribution in [3.8, 4) is 5.69 Å². The molecular formula is C15H15F3N4O3. The van der Waals surface area contributed by atoms with Crippen molar-refractivity contribution in [1.29, 1.82) is 0 Å². The predicted octanol–water partition coefficient (Wildman–Crippen LogP) is 2.08. The first-order valence-electron chi connectivity index (χ1n) is 7.18. The van der Waals surface area contributed by atoms with Gasteiger partial charge >= 0.3 is 12.1 Å². The van der Waals surface area contributed by atoms with E-state index < -0.39 is 29.5 Å². The number of alkyl halides is 3. The molecule has 0 spiro atoms. The van der Waals surface area contributed by atoms with E-state index in [0.717, 1.165) is 21.8 Å². The highest BCUT2D eigenvalue weighted by molar-refractivity contribution is 5.92. The Kier molecular flexibility index (Phi) is 5.10. The van der Waals surface area contributed by atoms with Crippen LogP contribution in [0.1, 0.15) is 23.0 Å². The van der Waals surface area contributed by atoms with Crippen LogP contribution in [0, 0.1) is 5.92 Å². The number of amides is 1. The molecule has 1 N–H and O–H groups in total. The summed E-state index contributed by atoms with van der Waals surface area (Å²) in [5, 5.41) is 16.0. The third-order valence-corrected chi connectivity index (χ3v) is 3.48. The van der Waals surface area contributed by atoms with E-state index in [1.54, 1.807) is 0 Å². The molecule has 7 nitrogen and oxygen atoms in total. The van der Waals surface area contributed by atoms with E-state index in [9.17, 15) is 22.8 Å². The Labute approximate surface area is 140 Å². The minimum Gasteiger partial charge on any atom is -0.481 e. The van der Waals surface area contributed by atoms with E-state index >= 15 is 0 Å². The van der Waals surface area contributed by atoms with Crippen LogP contribution in [-0.4, -0.2) is 50.5 Å². The molecule has 1 aromatic carbocycles. The second-order valence-corrected chi connectivity index (χ2v) is 5.49. The number of halogens is 3. The number of aromatic nitrogens is 3. The van der Waals surface area contributed by atoms with Gasteiger partial charge in [0.15, 0.2) is 5.69 Å². The third-order valence-electron chi connectivity index (χ3n) is 3.48. The topological polar surface area (TPSA) is 88.3 Å². The van der Waals surface area contributed by atoms with E-state index in [1.807, 2.05) is 0 Å². The fraction of sp³-hybridized carbons (Fsp3) is 0.333. The van der Waals surface area contributed by atoms with Crippen LogP contribution in [0.25, 0.3) is 5.69 Å². The lowest BCUT2D eigenvalue weighted by atomic mass is 10.1. The Bertz CT molecular complexity index is 788. The molecule has 1 atom stereocenters. The van der Waals surface area contributed by atoms with Crippen molar-refractivity contribution < 1.29 is 27.9 Å². The van der Waals surface area contributed by atoms with Crippen molar-refractivity contribution in [2.45, 2.75) is 13.1 Å². The molecule has 0 saturated carbocycles. The first-order chi connectivity index (χ1) is 11.6.